The SMILES string of the molecule is O=C(Nc1ccccc1C(=O)c1ccccc1)c1ccc(F)cc1F. The lowest BCUT2D eigenvalue weighted by atomic mass is 10.0. The quantitative estimate of drug-likeness (QED) is 0.715. The van der Waals surface area contributed by atoms with Crippen LogP contribution in [-0.4, -0.2) is 11.7 Å². The van der Waals surface area contributed by atoms with Crippen LogP contribution in [0.4, 0.5) is 14.5 Å². The first-order valence-corrected chi connectivity index (χ1v) is 7.51. The number of amides is 1. The van der Waals surface area contributed by atoms with Crippen LogP contribution in [0.2, 0.25) is 0 Å². The molecule has 3 aromatic rings. The van der Waals surface area contributed by atoms with Crippen molar-refractivity contribution in [1.29, 1.82) is 0 Å². The number of benzene rings is 3. The molecule has 0 unspecified atom stereocenters. The molecule has 0 saturated carbocycles. The Morgan fingerprint density at radius 3 is 2.16 bits per heavy atom. The highest BCUT2D eigenvalue weighted by molar-refractivity contribution is 6.15. The molecule has 0 aliphatic rings. The molecule has 25 heavy (non-hydrogen) atoms. The van der Waals surface area contributed by atoms with E-state index in [2.05, 4.69) is 5.32 Å². The maximum absolute atomic E-state index is 13.8. The van der Waals surface area contributed by atoms with E-state index in [1.807, 2.05) is 0 Å². The smallest absolute Gasteiger partial charge is 0.258 e. The largest absolute Gasteiger partial charge is 0.321 e. The number of halogens is 2. The maximum atomic E-state index is 13.8. The lowest BCUT2D eigenvalue weighted by Crippen LogP contribution is -2.16. The van der Waals surface area contributed by atoms with Crippen molar-refractivity contribution < 1.29 is 18.4 Å². The zero-order valence-electron chi connectivity index (χ0n) is 13.0. The number of ketones is 1. The number of anilines is 1. The van der Waals surface area contributed by atoms with E-state index in [9.17, 15) is 18.4 Å². The Labute approximate surface area is 142 Å². The maximum Gasteiger partial charge on any atom is 0.258 e. The molecule has 0 aliphatic carbocycles. The van der Waals surface area contributed by atoms with Crippen LogP contribution in [0.5, 0.6) is 0 Å². The summed E-state index contributed by atoms with van der Waals surface area (Å²) in [4.78, 5) is 24.9. The molecular formula is C20H13F2NO2. The summed E-state index contributed by atoms with van der Waals surface area (Å²) in [6.07, 6.45) is 0. The summed E-state index contributed by atoms with van der Waals surface area (Å²) < 4.78 is 26.7. The second kappa shape index (κ2) is 7.05. The van der Waals surface area contributed by atoms with Crippen LogP contribution in [-0.2, 0) is 0 Å². The third-order valence-electron chi connectivity index (χ3n) is 3.63. The van der Waals surface area contributed by atoms with Crippen molar-refractivity contribution in [3.8, 4) is 0 Å². The number of carbonyl (C=O) groups is 2. The van der Waals surface area contributed by atoms with Gasteiger partial charge in [0.15, 0.2) is 5.78 Å². The fourth-order valence-corrected chi connectivity index (χ4v) is 2.40. The van der Waals surface area contributed by atoms with Crippen molar-refractivity contribution in [3.63, 3.8) is 0 Å². The molecule has 0 aromatic heterocycles. The molecule has 3 nitrogen and oxygen atoms in total. The van der Waals surface area contributed by atoms with Crippen LogP contribution in [0.3, 0.4) is 0 Å². The van der Waals surface area contributed by atoms with Gasteiger partial charge >= 0.3 is 0 Å². The molecule has 0 spiro atoms. The van der Waals surface area contributed by atoms with Gasteiger partial charge < -0.3 is 5.32 Å². The van der Waals surface area contributed by atoms with Crippen LogP contribution in [0.1, 0.15) is 26.3 Å². The van der Waals surface area contributed by atoms with Gasteiger partial charge in [0.2, 0.25) is 0 Å². The Morgan fingerprint density at radius 2 is 1.44 bits per heavy atom. The van der Waals surface area contributed by atoms with E-state index in [4.69, 9.17) is 0 Å². The van der Waals surface area contributed by atoms with E-state index in [0.717, 1.165) is 12.1 Å². The Bertz CT molecular complexity index is 939. The second-order valence-electron chi connectivity index (χ2n) is 5.32. The number of hydrogen-bond acceptors (Lipinski definition) is 2. The third-order valence-corrected chi connectivity index (χ3v) is 3.63. The van der Waals surface area contributed by atoms with Crippen LogP contribution < -0.4 is 5.32 Å². The molecule has 0 aliphatic heterocycles. The first-order valence-electron chi connectivity index (χ1n) is 7.51. The normalized spacial score (nSPS) is 10.3. The molecule has 1 amide bonds. The monoisotopic (exact) mass is 337 g/mol. The molecule has 0 bridgehead atoms. The Hall–Kier alpha value is -3.34. The Balaban J connectivity index is 1.91. The van der Waals surface area contributed by atoms with Gasteiger partial charge in [0.25, 0.3) is 5.91 Å². The average Bonchev–Trinajstić information content (AvgIpc) is 2.62. The van der Waals surface area contributed by atoms with E-state index in [1.54, 1.807) is 54.6 Å². The summed E-state index contributed by atoms with van der Waals surface area (Å²) in [7, 11) is 0. The second-order valence-corrected chi connectivity index (χ2v) is 5.32. The van der Waals surface area contributed by atoms with E-state index in [0.29, 0.717) is 11.6 Å². The fourth-order valence-electron chi connectivity index (χ4n) is 2.40. The summed E-state index contributed by atoms with van der Waals surface area (Å²) in [6, 6.07) is 17.7. The number of para-hydroxylation sites is 1. The highest BCUT2D eigenvalue weighted by Gasteiger charge is 2.17. The molecule has 3 aromatic carbocycles. The molecule has 0 heterocycles. The molecule has 0 atom stereocenters. The third kappa shape index (κ3) is 3.61. The number of carbonyl (C=O) groups excluding carboxylic acids is 2. The lowest BCUT2D eigenvalue weighted by Gasteiger charge is -2.11. The minimum absolute atomic E-state index is 0.255. The standard InChI is InChI=1S/C20H13F2NO2/c21-14-10-11-15(17(22)12-14)20(25)23-18-9-5-4-8-16(18)19(24)13-6-2-1-3-7-13/h1-12H,(H,23,25). The summed E-state index contributed by atoms with van der Waals surface area (Å²) in [5, 5.41) is 2.52. The van der Waals surface area contributed by atoms with Gasteiger partial charge in [-0.2, -0.15) is 0 Å². The zero-order chi connectivity index (χ0) is 17.8. The van der Waals surface area contributed by atoms with Gasteiger partial charge in [0.05, 0.1) is 11.3 Å². The molecule has 5 heteroatoms. The van der Waals surface area contributed by atoms with Gasteiger partial charge in [0, 0.05) is 17.2 Å². The van der Waals surface area contributed by atoms with Crippen molar-refractivity contribution in [3.05, 3.63) is 101 Å². The zero-order valence-corrected chi connectivity index (χ0v) is 13.0. The van der Waals surface area contributed by atoms with Crippen LogP contribution in [0.15, 0.2) is 72.8 Å². The predicted molar refractivity (Wildman–Crippen MR) is 90.6 cm³/mol. The van der Waals surface area contributed by atoms with E-state index in [1.165, 1.54) is 0 Å². The Morgan fingerprint density at radius 1 is 0.760 bits per heavy atom. The summed E-state index contributed by atoms with van der Waals surface area (Å²) in [6.45, 7) is 0. The number of hydrogen-bond donors (Lipinski definition) is 1. The van der Waals surface area contributed by atoms with Gasteiger partial charge in [0.1, 0.15) is 11.6 Å². The lowest BCUT2D eigenvalue weighted by molar-refractivity contribution is 0.102. The highest BCUT2D eigenvalue weighted by atomic mass is 19.1. The van der Waals surface area contributed by atoms with Gasteiger partial charge in [-0.3, -0.25) is 9.59 Å². The van der Waals surface area contributed by atoms with Crippen molar-refractivity contribution in [2.24, 2.45) is 0 Å². The minimum Gasteiger partial charge on any atom is -0.321 e. The van der Waals surface area contributed by atoms with Crippen LogP contribution in [0.25, 0.3) is 0 Å². The van der Waals surface area contributed by atoms with E-state index >= 15 is 0 Å². The topological polar surface area (TPSA) is 46.2 Å². The first-order chi connectivity index (χ1) is 12.1. The van der Waals surface area contributed by atoms with Crippen LogP contribution >= 0.6 is 0 Å². The van der Waals surface area contributed by atoms with Crippen molar-refractivity contribution >= 4 is 17.4 Å². The van der Waals surface area contributed by atoms with Gasteiger partial charge in [-0.25, -0.2) is 8.78 Å². The van der Waals surface area contributed by atoms with E-state index < -0.39 is 17.5 Å². The summed E-state index contributed by atoms with van der Waals surface area (Å²) in [5.41, 5.74) is 0.704. The predicted octanol–water partition coefficient (Wildman–Crippen LogP) is 4.45. The molecular weight excluding hydrogens is 324 g/mol. The molecule has 124 valence electrons. The van der Waals surface area contributed by atoms with Crippen LogP contribution in [0, 0.1) is 11.6 Å². The molecule has 0 fully saturated rings. The number of rotatable bonds is 4. The first kappa shape index (κ1) is 16.5. The van der Waals surface area contributed by atoms with E-state index in [-0.39, 0.29) is 22.6 Å². The molecule has 0 radical (unpaired) electrons. The van der Waals surface area contributed by atoms with Crippen molar-refractivity contribution in [1.82, 2.24) is 0 Å². The molecule has 0 saturated heterocycles. The minimum atomic E-state index is -0.968. The Kier molecular flexibility index (Phi) is 4.66. The summed E-state index contributed by atoms with van der Waals surface area (Å²) in [5.74, 6) is -2.76. The fraction of sp³-hybridized carbons (Fsp3) is 0. The van der Waals surface area contributed by atoms with Gasteiger partial charge in [-0.1, -0.05) is 42.5 Å². The highest BCUT2D eigenvalue weighted by Crippen LogP contribution is 2.21. The average molecular weight is 337 g/mol. The molecule has 3 rings (SSSR count). The summed E-state index contributed by atoms with van der Waals surface area (Å²) >= 11 is 0. The van der Waals surface area contributed by atoms with Gasteiger partial charge in [-0.15, -0.1) is 0 Å². The van der Waals surface area contributed by atoms with Crippen molar-refractivity contribution in [2.75, 3.05) is 5.32 Å². The number of nitrogens with one attached hydrogen (secondary N) is 1. The molecule has 1 N–H and O–H groups in total. The van der Waals surface area contributed by atoms with Crippen molar-refractivity contribution in [2.45, 2.75) is 0 Å². The van der Waals surface area contributed by atoms with Gasteiger partial charge in [-0.05, 0) is 24.3 Å².